The molecule has 1 nitrogen and oxygen atoms in total. The van der Waals surface area contributed by atoms with Crippen LogP contribution < -0.4 is 0 Å². The van der Waals surface area contributed by atoms with Crippen molar-refractivity contribution in [1.29, 1.82) is 0 Å². The van der Waals surface area contributed by atoms with Gasteiger partial charge >= 0.3 is 0 Å². The smallest absolute Gasteiger partial charge is 0.143 e. The number of furan rings is 1. The maximum atomic E-state index is 9.43. The molecular weight excluding hydrogens is 472 g/mol. The molecule has 39 heavy (non-hydrogen) atoms. The second-order valence-electron chi connectivity index (χ2n) is 8.34. The van der Waals surface area contributed by atoms with Crippen molar-refractivity contribution in [1.82, 2.24) is 0 Å². The van der Waals surface area contributed by atoms with E-state index in [4.69, 9.17) is 30.5 Å². The van der Waals surface area contributed by atoms with Crippen molar-refractivity contribution >= 4 is 43.5 Å². The zero-order chi connectivity index (χ0) is 45.8. The molecule has 0 bridgehead atoms. The summed E-state index contributed by atoms with van der Waals surface area (Å²) >= 11 is 0. The van der Waals surface area contributed by atoms with Gasteiger partial charge in [0.05, 0.1) is 31.5 Å². The number of hydrogen-bond acceptors (Lipinski definition) is 1. The fourth-order valence-electron chi connectivity index (χ4n) is 4.80. The van der Waals surface area contributed by atoms with E-state index in [9.17, 15) is 5.48 Å². The van der Waals surface area contributed by atoms with Gasteiger partial charge in [-0.2, -0.15) is 0 Å². The van der Waals surface area contributed by atoms with Crippen molar-refractivity contribution in [3.05, 3.63) is 145 Å². The first-order valence-electron chi connectivity index (χ1n) is 23.0. The van der Waals surface area contributed by atoms with Crippen molar-refractivity contribution in [3.8, 4) is 33.4 Å². The molecule has 8 aromatic rings. The molecule has 0 aliphatic rings. The molecule has 0 N–H and O–H groups in total. The lowest BCUT2D eigenvalue weighted by atomic mass is 9.83. The Morgan fingerprint density at radius 1 is 0.410 bits per heavy atom. The fourth-order valence-corrected chi connectivity index (χ4v) is 4.80. The van der Waals surface area contributed by atoms with Gasteiger partial charge < -0.3 is 4.42 Å². The van der Waals surface area contributed by atoms with E-state index in [1.807, 2.05) is 0 Å². The van der Waals surface area contributed by atoms with Crippen LogP contribution >= 0.6 is 0 Å². The normalized spacial score (nSPS) is 19.8. The Balaban J connectivity index is 1.84. The fraction of sp³-hybridized carbons (Fsp3) is 0. The third kappa shape index (κ3) is 3.34. The van der Waals surface area contributed by atoms with Crippen LogP contribution in [0.1, 0.15) is 31.5 Å². The van der Waals surface area contributed by atoms with Crippen molar-refractivity contribution in [2.75, 3.05) is 0 Å². The van der Waals surface area contributed by atoms with E-state index in [1.54, 1.807) is 0 Å². The zero-order valence-corrected chi connectivity index (χ0v) is 19.5. The van der Waals surface area contributed by atoms with Gasteiger partial charge in [0.1, 0.15) is 11.2 Å². The monoisotopic (exact) mass is 519 g/mol. The first kappa shape index (κ1) is 8.97. The van der Waals surface area contributed by atoms with Crippen LogP contribution in [-0.2, 0) is 0 Å². The molecule has 0 fully saturated rings. The number of hydrogen-bond donors (Lipinski definition) is 0. The van der Waals surface area contributed by atoms with Gasteiger partial charge in [-0.1, -0.05) is 139 Å². The molecule has 0 spiro atoms. The van der Waals surface area contributed by atoms with Gasteiger partial charge in [0, 0.05) is 16.3 Å². The Morgan fingerprint density at radius 3 is 1.72 bits per heavy atom. The summed E-state index contributed by atoms with van der Waals surface area (Å²) in [5, 5.41) is -3.23. The molecule has 1 heteroatoms. The molecular formula is C38H24O. The van der Waals surface area contributed by atoms with E-state index in [0.29, 0.717) is 0 Å². The molecule has 0 amide bonds. The summed E-state index contributed by atoms with van der Waals surface area (Å²) in [4.78, 5) is 0. The maximum absolute atomic E-state index is 9.43. The first-order chi connectivity index (χ1) is 28.9. The molecule has 0 aliphatic carbocycles. The molecule has 0 saturated heterocycles. The van der Waals surface area contributed by atoms with Gasteiger partial charge in [-0.3, -0.25) is 0 Å². The number of benzene rings is 7. The molecule has 0 radical (unpaired) electrons. The van der Waals surface area contributed by atoms with Gasteiger partial charge in [-0.15, -0.1) is 0 Å². The van der Waals surface area contributed by atoms with Crippen LogP contribution in [0.5, 0.6) is 0 Å². The van der Waals surface area contributed by atoms with Crippen LogP contribution in [0.2, 0.25) is 0 Å². The predicted octanol–water partition coefficient (Wildman–Crippen LogP) is 10.9. The van der Waals surface area contributed by atoms with Crippen LogP contribution in [0.4, 0.5) is 0 Å². The summed E-state index contributed by atoms with van der Waals surface area (Å²) < 4.78 is 209. The molecule has 0 saturated carbocycles. The van der Waals surface area contributed by atoms with Crippen LogP contribution in [0.3, 0.4) is 0 Å². The zero-order valence-electron chi connectivity index (χ0n) is 42.5. The highest BCUT2D eigenvalue weighted by Crippen LogP contribution is 2.48. The van der Waals surface area contributed by atoms with Gasteiger partial charge in [0.2, 0.25) is 0 Å². The summed E-state index contributed by atoms with van der Waals surface area (Å²) in [5.41, 5.74) is -4.78. The third-order valence-corrected chi connectivity index (χ3v) is 6.33. The molecule has 182 valence electrons. The Hall–Kier alpha value is -5.14. The van der Waals surface area contributed by atoms with Gasteiger partial charge in [0.25, 0.3) is 0 Å². The Bertz CT molecular complexity index is 3390. The molecule has 0 atom stereocenters. The number of rotatable bonds is 3. The van der Waals surface area contributed by atoms with E-state index in [-0.39, 0.29) is 5.39 Å². The lowest BCUT2D eigenvalue weighted by molar-refractivity contribution is 0.670. The highest BCUT2D eigenvalue weighted by atomic mass is 16.3. The van der Waals surface area contributed by atoms with E-state index in [0.717, 1.165) is 6.07 Å². The second-order valence-corrected chi connectivity index (χ2v) is 8.34. The number of para-hydroxylation sites is 2. The minimum Gasteiger partial charge on any atom is -0.455 e. The average molecular weight is 520 g/mol. The second kappa shape index (κ2) is 8.72. The topological polar surface area (TPSA) is 13.1 Å². The van der Waals surface area contributed by atoms with Crippen molar-refractivity contribution < 1.29 is 35.9 Å². The van der Waals surface area contributed by atoms with Crippen molar-refractivity contribution in [2.45, 2.75) is 0 Å². The standard InChI is InChI=1S/C38H24O/c1-3-13-25(14-4-1)35-28-18-7-8-19-29(28)36(26-15-5-2-6-16-26)37-30(20-11-23-33(35)37)32-22-12-21-31-27-17-9-10-24-34(27)39-38(31)32/h1-24H/i1D,2D,3D,4D,5D,6D,7D,8D,9D,10D,11D,12D,13D,14D,15D,16D,17D,18D,19D,21D,22D,23D,24D. The Labute approximate surface area is 258 Å². The largest absolute Gasteiger partial charge is 0.455 e. The molecule has 0 unspecified atom stereocenters. The van der Waals surface area contributed by atoms with Gasteiger partial charge in [0.15, 0.2) is 0 Å². The minimum atomic E-state index is -0.930. The van der Waals surface area contributed by atoms with Gasteiger partial charge in [-0.25, -0.2) is 0 Å². The first-order valence-corrected chi connectivity index (χ1v) is 11.5. The Morgan fingerprint density at radius 2 is 0.974 bits per heavy atom. The summed E-state index contributed by atoms with van der Waals surface area (Å²) in [6.45, 7) is 0. The predicted molar refractivity (Wildman–Crippen MR) is 165 cm³/mol. The summed E-state index contributed by atoms with van der Waals surface area (Å²) in [7, 11) is 0. The highest BCUT2D eigenvalue weighted by molar-refractivity contribution is 6.25. The maximum Gasteiger partial charge on any atom is 0.143 e. The number of fused-ring (bicyclic) bond motifs is 5. The molecule has 7 aromatic carbocycles. The van der Waals surface area contributed by atoms with Crippen LogP contribution in [0.15, 0.2) is 149 Å². The summed E-state index contributed by atoms with van der Waals surface area (Å²) in [5.74, 6) is 0. The van der Waals surface area contributed by atoms with Crippen molar-refractivity contribution in [2.24, 2.45) is 0 Å². The summed E-state index contributed by atoms with van der Waals surface area (Å²) in [6.07, 6.45) is 0. The quantitative estimate of drug-likeness (QED) is 0.212. The van der Waals surface area contributed by atoms with Crippen LogP contribution in [0, 0.1) is 0 Å². The SMILES string of the molecule is [2H]c1cc(-c2c([2H])c([2H])c([2H])c3c2oc2c([2H])c([2H])c([2H])c([2H])c23)c2c(-c3c([2H])c([2H])c([2H])c([2H])c3[2H])c3c([2H])c([2H])c([2H])c([2H])c3c(-c3c([2H])c([2H])c([2H])c([2H])c3[2H])c2c1[2H]. The Kier molecular flexibility index (Phi) is 2.00. The molecule has 8 rings (SSSR count). The van der Waals surface area contributed by atoms with E-state index in [1.165, 1.54) is 0 Å². The highest BCUT2D eigenvalue weighted by Gasteiger charge is 2.21. The third-order valence-electron chi connectivity index (χ3n) is 6.33. The van der Waals surface area contributed by atoms with E-state index in [2.05, 4.69) is 0 Å². The summed E-state index contributed by atoms with van der Waals surface area (Å²) in [6, 6.07) is -18.7. The molecule has 1 aromatic heterocycles. The van der Waals surface area contributed by atoms with Crippen LogP contribution in [0.25, 0.3) is 76.9 Å². The molecule has 1 heterocycles. The van der Waals surface area contributed by atoms with Crippen molar-refractivity contribution in [3.63, 3.8) is 0 Å². The molecule has 0 aliphatic heterocycles. The lowest BCUT2D eigenvalue weighted by Gasteiger charge is -2.20. The average Bonchev–Trinajstić information content (AvgIpc) is 3.64. The van der Waals surface area contributed by atoms with Gasteiger partial charge in [-0.05, 0) is 55.4 Å². The van der Waals surface area contributed by atoms with Crippen LogP contribution in [-0.4, -0.2) is 0 Å². The minimum absolute atomic E-state index is 0.372. The lowest BCUT2D eigenvalue weighted by Crippen LogP contribution is -1.93. The van der Waals surface area contributed by atoms with E-state index >= 15 is 0 Å². The van der Waals surface area contributed by atoms with E-state index < -0.39 is 210 Å².